The molecule has 0 aliphatic heterocycles. The van der Waals surface area contributed by atoms with Crippen LogP contribution in [0, 0.1) is 0 Å². The average molecular weight is 341 g/mol. The highest BCUT2D eigenvalue weighted by atomic mass is 32.2. The van der Waals surface area contributed by atoms with Crippen molar-refractivity contribution in [2.75, 3.05) is 19.0 Å². The maximum atomic E-state index is 4.52. The lowest BCUT2D eigenvalue weighted by Crippen LogP contribution is -2.15. The lowest BCUT2D eigenvalue weighted by atomic mass is 10.2. The minimum absolute atomic E-state index is 0.223. The molecule has 2 aromatic heterocycles. The summed E-state index contributed by atoms with van der Waals surface area (Å²) < 4.78 is 1.74. The molecular formula is C16H19N7S. The summed E-state index contributed by atoms with van der Waals surface area (Å²) in [6.07, 6.45) is 1.69. The number of benzene rings is 1. The van der Waals surface area contributed by atoms with E-state index >= 15 is 0 Å². The van der Waals surface area contributed by atoms with Crippen LogP contribution >= 0.6 is 11.8 Å². The zero-order valence-electron chi connectivity index (χ0n) is 14.1. The molecule has 0 aliphatic carbocycles. The summed E-state index contributed by atoms with van der Waals surface area (Å²) in [7, 11) is 3.83. The molecule has 0 fully saturated rings. The van der Waals surface area contributed by atoms with E-state index in [4.69, 9.17) is 0 Å². The second-order valence-corrected chi connectivity index (χ2v) is 6.67. The number of nitrogens with zero attached hydrogens (tertiary/aromatic N) is 7. The Labute approximate surface area is 145 Å². The van der Waals surface area contributed by atoms with E-state index in [0.29, 0.717) is 16.3 Å². The molecule has 0 aliphatic rings. The number of hydrogen-bond acceptors (Lipinski definition) is 7. The normalized spacial score (nSPS) is 11.0. The lowest BCUT2D eigenvalue weighted by Gasteiger charge is -2.13. The highest BCUT2D eigenvalue weighted by Crippen LogP contribution is 2.24. The molecule has 0 radical (unpaired) electrons. The van der Waals surface area contributed by atoms with Crippen LogP contribution in [0.2, 0.25) is 0 Å². The van der Waals surface area contributed by atoms with Crippen LogP contribution in [-0.2, 0) is 0 Å². The molecule has 0 N–H and O–H groups in total. The van der Waals surface area contributed by atoms with Gasteiger partial charge in [0.05, 0.1) is 5.69 Å². The minimum atomic E-state index is 0.223. The maximum absolute atomic E-state index is 4.52. The Morgan fingerprint density at radius 1 is 1.00 bits per heavy atom. The maximum Gasteiger partial charge on any atom is 0.229 e. The van der Waals surface area contributed by atoms with Crippen molar-refractivity contribution in [2.45, 2.75) is 30.1 Å². The summed E-state index contributed by atoms with van der Waals surface area (Å²) in [5, 5.41) is 5.68. The van der Waals surface area contributed by atoms with Gasteiger partial charge in [-0.1, -0.05) is 32.0 Å². The van der Waals surface area contributed by atoms with Crippen LogP contribution in [0.25, 0.3) is 5.69 Å². The van der Waals surface area contributed by atoms with Gasteiger partial charge in [-0.25, -0.2) is 14.6 Å². The molecule has 3 aromatic rings. The topological polar surface area (TPSA) is 72.6 Å². The van der Waals surface area contributed by atoms with Crippen molar-refractivity contribution in [3.63, 3.8) is 0 Å². The minimum Gasteiger partial charge on any atom is -0.347 e. The molecule has 24 heavy (non-hydrogen) atoms. The van der Waals surface area contributed by atoms with Crippen molar-refractivity contribution in [2.24, 2.45) is 0 Å². The third-order valence-corrected chi connectivity index (χ3v) is 3.95. The first-order chi connectivity index (χ1) is 11.5. The van der Waals surface area contributed by atoms with Crippen molar-refractivity contribution in [3.05, 3.63) is 42.5 Å². The third-order valence-electron chi connectivity index (χ3n) is 3.21. The van der Waals surface area contributed by atoms with Crippen molar-refractivity contribution < 1.29 is 0 Å². The molecule has 8 heteroatoms. The Balaban J connectivity index is 1.87. The monoisotopic (exact) mass is 341 g/mol. The second-order valence-electron chi connectivity index (χ2n) is 5.73. The van der Waals surface area contributed by atoms with Crippen LogP contribution in [0.4, 0.5) is 5.95 Å². The summed E-state index contributed by atoms with van der Waals surface area (Å²) in [5.41, 5.74) is 0.962. The van der Waals surface area contributed by atoms with E-state index < -0.39 is 0 Å². The predicted octanol–water partition coefficient (Wildman–Crippen LogP) is 2.79. The van der Waals surface area contributed by atoms with Crippen molar-refractivity contribution in [3.8, 4) is 5.69 Å². The van der Waals surface area contributed by atoms with E-state index in [1.807, 2.05) is 49.3 Å². The lowest BCUT2D eigenvalue weighted by molar-refractivity contribution is 0.715. The molecule has 2 heterocycles. The molecule has 7 nitrogen and oxygen atoms in total. The summed E-state index contributed by atoms with van der Waals surface area (Å²) in [5.74, 6) is 1.62. The number of anilines is 1. The smallest absolute Gasteiger partial charge is 0.229 e. The van der Waals surface area contributed by atoms with Gasteiger partial charge in [-0.2, -0.15) is 9.97 Å². The Morgan fingerprint density at radius 2 is 1.75 bits per heavy atom. The van der Waals surface area contributed by atoms with Gasteiger partial charge in [0, 0.05) is 20.0 Å². The Morgan fingerprint density at radius 3 is 2.42 bits per heavy atom. The molecule has 0 atom stereocenters. The molecular weight excluding hydrogens is 322 g/mol. The van der Waals surface area contributed by atoms with E-state index in [2.05, 4.69) is 38.9 Å². The number of rotatable bonds is 5. The van der Waals surface area contributed by atoms with Gasteiger partial charge in [0.15, 0.2) is 0 Å². The fraction of sp³-hybridized carbons (Fsp3) is 0.312. The first kappa shape index (κ1) is 16.4. The molecule has 3 rings (SSSR count). The number of para-hydroxylation sites is 1. The standard InChI is InChI=1S/C16H19N7S/c1-11(2)13-18-14(22(3)4)20-16(19-13)24-15-17-10-23(21-15)12-8-6-5-7-9-12/h5-11H,1-4H3. The van der Waals surface area contributed by atoms with Crippen molar-refractivity contribution in [1.29, 1.82) is 0 Å². The van der Waals surface area contributed by atoms with Gasteiger partial charge < -0.3 is 4.90 Å². The zero-order valence-corrected chi connectivity index (χ0v) is 14.9. The molecule has 124 valence electrons. The highest BCUT2D eigenvalue weighted by Gasteiger charge is 2.14. The molecule has 0 spiro atoms. The number of hydrogen-bond donors (Lipinski definition) is 0. The van der Waals surface area contributed by atoms with E-state index in [9.17, 15) is 0 Å². The van der Waals surface area contributed by atoms with E-state index in [-0.39, 0.29) is 5.92 Å². The molecule has 0 saturated carbocycles. The SMILES string of the molecule is CC(C)c1nc(Sc2ncn(-c3ccccc3)n2)nc(N(C)C)n1. The van der Waals surface area contributed by atoms with Crippen molar-refractivity contribution >= 4 is 17.7 Å². The molecule has 1 aromatic carbocycles. The van der Waals surface area contributed by atoms with Crippen LogP contribution in [0.15, 0.2) is 47.0 Å². The molecule has 0 bridgehead atoms. The Bertz CT molecular complexity index is 788. The van der Waals surface area contributed by atoms with Crippen molar-refractivity contribution in [1.82, 2.24) is 29.7 Å². The molecule has 0 saturated heterocycles. The van der Waals surface area contributed by atoms with Gasteiger partial charge in [0.25, 0.3) is 0 Å². The summed E-state index contributed by atoms with van der Waals surface area (Å²) >= 11 is 1.33. The van der Waals surface area contributed by atoms with E-state index in [1.54, 1.807) is 11.0 Å². The zero-order chi connectivity index (χ0) is 17.1. The summed E-state index contributed by atoms with van der Waals surface area (Å²) in [6, 6.07) is 9.86. The molecule has 0 unspecified atom stereocenters. The van der Waals surface area contributed by atoms with Gasteiger partial charge in [0.1, 0.15) is 12.2 Å². The Kier molecular flexibility index (Phi) is 4.75. The van der Waals surface area contributed by atoms with E-state index in [0.717, 1.165) is 11.5 Å². The second kappa shape index (κ2) is 6.96. The van der Waals surface area contributed by atoms with Crippen LogP contribution in [0.3, 0.4) is 0 Å². The number of aromatic nitrogens is 6. The van der Waals surface area contributed by atoms with Gasteiger partial charge in [-0.3, -0.25) is 0 Å². The summed E-state index contributed by atoms with van der Waals surface area (Å²) in [4.78, 5) is 19.7. The average Bonchev–Trinajstić information content (AvgIpc) is 3.03. The predicted molar refractivity (Wildman–Crippen MR) is 93.7 cm³/mol. The summed E-state index contributed by atoms with van der Waals surface area (Å²) in [6.45, 7) is 4.12. The van der Waals surface area contributed by atoms with Gasteiger partial charge in [-0.15, -0.1) is 5.10 Å². The molecule has 0 amide bonds. The van der Waals surface area contributed by atoms with Crippen LogP contribution in [0.5, 0.6) is 0 Å². The Hall–Kier alpha value is -2.48. The fourth-order valence-electron chi connectivity index (χ4n) is 1.95. The highest BCUT2D eigenvalue weighted by molar-refractivity contribution is 7.99. The van der Waals surface area contributed by atoms with Gasteiger partial charge in [0.2, 0.25) is 16.3 Å². The fourth-order valence-corrected chi connectivity index (χ4v) is 2.60. The largest absolute Gasteiger partial charge is 0.347 e. The first-order valence-electron chi connectivity index (χ1n) is 7.61. The van der Waals surface area contributed by atoms with Gasteiger partial charge in [-0.05, 0) is 23.9 Å². The van der Waals surface area contributed by atoms with Crippen LogP contribution in [-0.4, -0.2) is 43.8 Å². The quantitative estimate of drug-likeness (QED) is 0.706. The third kappa shape index (κ3) is 3.70. The van der Waals surface area contributed by atoms with Crippen LogP contribution < -0.4 is 4.90 Å². The van der Waals surface area contributed by atoms with Gasteiger partial charge >= 0.3 is 0 Å². The van der Waals surface area contributed by atoms with Crippen LogP contribution in [0.1, 0.15) is 25.6 Å². The van der Waals surface area contributed by atoms with E-state index in [1.165, 1.54) is 11.8 Å². The first-order valence-corrected chi connectivity index (χ1v) is 8.43.